The van der Waals surface area contributed by atoms with E-state index in [2.05, 4.69) is 5.32 Å². The van der Waals surface area contributed by atoms with E-state index in [0.29, 0.717) is 11.3 Å². The van der Waals surface area contributed by atoms with Gasteiger partial charge in [0, 0.05) is 0 Å². The number of nitrogens with zero attached hydrogens (tertiary/aromatic N) is 1. The van der Waals surface area contributed by atoms with Gasteiger partial charge < -0.3 is 10.1 Å². The van der Waals surface area contributed by atoms with Gasteiger partial charge in [-0.25, -0.2) is 12.8 Å². The van der Waals surface area contributed by atoms with E-state index in [0.717, 1.165) is 9.87 Å². The lowest BCUT2D eigenvalue weighted by atomic mass is 10.1. The lowest BCUT2D eigenvalue weighted by Crippen LogP contribution is -2.41. The van der Waals surface area contributed by atoms with Crippen LogP contribution in [0, 0.1) is 12.7 Å². The monoisotopic (exact) mass is 456 g/mol. The molecule has 168 valence electrons. The van der Waals surface area contributed by atoms with Gasteiger partial charge in [0.05, 0.1) is 23.7 Å². The molecule has 0 spiro atoms. The second kappa shape index (κ2) is 9.82. The molecule has 6 nitrogen and oxygen atoms in total. The largest absolute Gasteiger partial charge is 0.495 e. The van der Waals surface area contributed by atoms with Crippen molar-refractivity contribution in [3.05, 3.63) is 89.7 Å². The first-order chi connectivity index (χ1) is 15.2. The number of hydrogen-bond acceptors (Lipinski definition) is 4. The van der Waals surface area contributed by atoms with Gasteiger partial charge in [0.1, 0.15) is 18.1 Å². The minimum Gasteiger partial charge on any atom is -0.495 e. The maximum Gasteiger partial charge on any atom is 0.264 e. The van der Waals surface area contributed by atoms with Crippen molar-refractivity contribution >= 4 is 21.6 Å². The van der Waals surface area contributed by atoms with Crippen LogP contribution in [0.15, 0.2) is 77.7 Å². The van der Waals surface area contributed by atoms with Gasteiger partial charge in [0.2, 0.25) is 5.91 Å². The summed E-state index contributed by atoms with van der Waals surface area (Å²) in [5.41, 5.74) is 1.86. The molecule has 1 amide bonds. The van der Waals surface area contributed by atoms with Crippen LogP contribution >= 0.6 is 0 Å². The van der Waals surface area contributed by atoms with E-state index in [-0.39, 0.29) is 16.4 Å². The number of aryl methyl sites for hydroxylation is 1. The summed E-state index contributed by atoms with van der Waals surface area (Å²) in [6, 6.07) is 18.3. The molecule has 0 radical (unpaired) electrons. The highest BCUT2D eigenvalue weighted by Gasteiger charge is 2.29. The van der Waals surface area contributed by atoms with Gasteiger partial charge in [-0.2, -0.15) is 0 Å². The first-order valence-electron chi connectivity index (χ1n) is 9.99. The van der Waals surface area contributed by atoms with E-state index in [1.165, 1.54) is 31.4 Å². The molecule has 1 atom stereocenters. The number of methoxy groups -OCH3 is 1. The van der Waals surface area contributed by atoms with Crippen molar-refractivity contribution in [3.8, 4) is 5.75 Å². The Hall–Kier alpha value is -3.39. The average Bonchev–Trinajstić information content (AvgIpc) is 2.78. The zero-order valence-corrected chi connectivity index (χ0v) is 18.9. The van der Waals surface area contributed by atoms with Crippen molar-refractivity contribution in [2.75, 3.05) is 18.0 Å². The SMILES string of the molecule is COc1ccccc1N(CC(=O)N[C@@H](C)c1ccc(F)cc1)S(=O)(=O)c1ccc(C)cc1. The van der Waals surface area contributed by atoms with Crippen LogP contribution in [0.4, 0.5) is 10.1 Å². The Bertz CT molecular complexity index is 1180. The van der Waals surface area contributed by atoms with Crippen molar-refractivity contribution in [3.63, 3.8) is 0 Å². The number of hydrogen-bond donors (Lipinski definition) is 1. The zero-order valence-electron chi connectivity index (χ0n) is 18.1. The predicted octanol–water partition coefficient (Wildman–Crippen LogP) is 4.22. The molecule has 0 bridgehead atoms. The number of carbonyl (C=O) groups excluding carboxylic acids is 1. The summed E-state index contributed by atoms with van der Waals surface area (Å²) in [6.07, 6.45) is 0. The second-order valence-corrected chi connectivity index (χ2v) is 9.20. The number of amides is 1. The van der Waals surface area contributed by atoms with Crippen LogP contribution in [0.5, 0.6) is 5.75 Å². The van der Waals surface area contributed by atoms with Gasteiger partial charge in [-0.05, 0) is 55.8 Å². The molecule has 32 heavy (non-hydrogen) atoms. The maximum absolute atomic E-state index is 13.5. The van der Waals surface area contributed by atoms with E-state index in [1.54, 1.807) is 55.5 Å². The Balaban J connectivity index is 1.93. The van der Waals surface area contributed by atoms with E-state index >= 15 is 0 Å². The first kappa shape index (κ1) is 23.3. The molecule has 0 unspecified atom stereocenters. The Labute approximate surface area is 187 Å². The molecule has 0 heterocycles. The van der Waals surface area contributed by atoms with Crippen LogP contribution in [0.1, 0.15) is 24.1 Å². The Kier molecular flexibility index (Phi) is 7.15. The minimum absolute atomic E-state index is 0.0633. The Morgan fingerprint density at radius 2 is 1.66 bits per heavy atom. The van der Waals surface area contributed by atoms with Gasteiger partial charge >= 0.3 is 0 Å². The van der Waals surface area contributed by atoms with Crippen LogP contribution in [0.25, 0.3) is 0 Å². The topological polar surface area (TPSA) is 75.7 Å². The number of rotatable bonds is 8. The number of ether oxygens (including phenoxy) is 1. The number of carbonyl (C=O) groups is 1. The second-order valence-electron chi connectivity index (χ2n) is 7.34. The van der Waals surface area contributed by atoms with Crippen LogP contribution in [-0.2, 0) is 14.8 Å². The number of para-hydroxylation sites is 2. The third-order valence-corrected chi connectivity index (χ3v) is 6.77. The first-order valence-corrected chi connectivity index (χ1v) is 11.4. The number of nitrogens with one attached hydrogen (secondary N) is 1. The third-order valence-electron chi connectivity index (χ3n) is 5.00. The smallest absolute Gasteiger partial charge is 0.264 e. The number of anilines is 1. The van der Waals surface area contributed by atoms with Crippen molar-refractivity contribution < 1.29 is 22.3 Å². The average molecular weight is 457 g/mol. The van der Waals surface area contributed by atoms with Crippen LogP contribution in [-0.4, -0.2) is 28.0 Å². The summed E-state index contributed by atoms with van der Waals surface area (Å²) in [5, 5.41) is 2.78. The summed E-state index contributed by atoms with van der Waals surface area (Å²) >= 11 is 0. The van der Waals surface area contributed by atoms with Crippen molar-refractivity contribution in [2.45, 2.75) is 24.8 Å². The molecule has 0 aliphatic heterocycles. The summed E-state index contributed by atoms with van der Waals surface area (Å²) in [6.45, 7) is 3.15. The minimum atomic E-state index is -4.06. The molecule has 3 aromatic rings. The summed E-state index contributed by atoms with van der Waals surface area (Å²) in [4.78, 5) is 12.9. The Morgan fingerprint density at radius 3 is 2.28 bits per heavy atom. The van der Waals surface area contributed by atoms with Crippen molar-refractivity contribution in [2.24, 2.45) is 0 Å². The molecular formula is C24H25FN2O4S. The van der Waals surface area contributed by atoms with Gasteiger partial charge in [-0.3, -0.25) is 9.10 Å². The lowest BCUT2D eigenvalue weighted by molar-refractivity contribution is -0.120. The highest BCUT2D eigenvalue weighted by Crippen LogP contribution is 2.32. The van der Waals surface area contributed by atoms with E-state index in [4.69, 9.17) is 4.74 Å². The molecule has 3 aromatic carbocycles. The van der Waals surface area contributed by atoms with Gasteiger partial charge in [0.25, 0.3) is 10.0 Å². The van der Waals surface area contributed by atoms with E-state index in [1.807, 2.05) is 6.92 Å². The fourth-order valence-corrected chi connectivity index (χ4v) is 4.66. The van der Waals surface area contributed by atoms with E-state index in [9.17, 15) is 17.6 Å². The van der Waals surface area contributed by atoms with Crippen LogP contribution in [0.3, 0.4) is 0 Å². The Morgan fingerprint density at radius 1 is 1.03 bits per heavy atom. The van der Waals surface area contributed by atoms with Crippen molar-refractivity contribution in [1.82, 2.24) is 5.32 Å². The summed E-state index contributed by atoms with van der Waals surface area (Å²) < 4.78 is 46.5. The molecule has 3 rings (SSSR count). The fourth-order valence-electron chi connectivity index (χ4n) is 3.23. The van der Waals surface area contributed by atoms with Gasteiger partial charge in [-0.15, -0.1) is 0 Å². The molecular weight excluding hydrogens is 431 g/mol. The fraction of sp³-hybridized carbons (Fsp3) is 0.208. The summed E-state index contributed by atoms with van der Waals surface area (Å²) in [7, 11) is -2.62. The molecule has 0 aliphatic carbocycles. The molecule has 0 saturated heterocycles. The molecule has 0 aromatic heterocycles. The molecule has 0 saturated carbocycles. The van der Waals surface area contributed by atoms with E-state index < -0.39 is 28.5 Å². The molecule has 0 aliphatic rings. The normalized spacial score (nSPS) is 12.1. The maximum atomic E-state index is 13.5. The van der Waals surface area contributed by atoms with Gasteiger partial charge in [-0.1, -0.05) is 42.0 Å². The highest BCUT2D eigenvalue weighted by atomic mass is 32.2. The number of sulfonamides is 1. The third kappa shape index (κ3) is 5.26. The standard InChI is InChI=1S/C24H25FN2O4S/c1-17-8-14-21(15-9-17)32(29,30)27(22-6-4-5-7-23(22)31-3)16-24(28)26-18(2)19-10-12-20(25)13-11-19/h4-15,18H,16H2,1-3H3,(H,26,28)/t18-/m0/s1. The highest BCUT2D eigenvalue weighted by molar-refractivity contribution is 7.92. The molecule has 8 heteroatoms. The molecule has 1 N–H and O–H groups in total. The zero-order chi connectivity index (χ0) is 23.3. The van der Waals surface area contributed by atoms with Gasteiger partial charge in [0.15, 0.2) is 0 Å². The lowest BCUT2D eigenvalue weighted by Gasteiger charge is -2.26. The van der Waals surface area contributed by atoms with Crippen molar-refractivity contribution in [1.29, 1.82) is 0 Å². The number of halogens is 1. The quantitative estimate of drug-likeness (QED) is 0.551. The predicted molar refractivity (Wildman–Crippen MR) is 122 cm³/mol. The summed E-state index contributed by atoms with van der Waals surface area (Å²) in [5.74, 6) is -0.565. The molecule has 0 fully saturated rings. The van der Waals surface area contributed by atoms with Crippen LogP contribution < -0.4 is 14.4 Å². The van der Waals surface area contributed by atoms with Crippen LogP contribution in [0.2, 0.25) is 0 Å². The number of benzene rings is 3.